The number of nitrogens with one attached hydrogen (secondary N) is 2. The number of fused-ring (bicyclic) bond motifs is 1. The van der Waals surface area contributed by atoms with Crippen LogP contribution in [0.2, 0.25) is 0 Å². The van der Waals surface area contributed by atoms with Crippen LogP contribution in [0.1, 0.15) is 43.2 Å². The number of aromatic amines is 1. The third-order valence-corrected chi connectivity index (χ3v) is 5.50. The van der Waals surface area contributed by atoms with Crippen molar-refractivity contribution in [1.29, 1.82) is 0 Å². The molecule has 5 heteroatoms. The molecule has 1 amide bonds. The molecule has 0 bridgehead atoms. The predicted octanol–water partition coefficient (Wildman–Crippen LogP) is 4.84. The van der Waals surface area contributed by atoms with E-state index in [9.17, 15) is 4.79 Å². The molecule has 0 aliphatic heterocycles. The first-order valence-corrected chi connectivity index (χ1v) is 10.3. The van der Waals surface area contributed by atoms with Crippen LogP contribution in [0.3, 0.4) is 0 Å². The van der Waals surface area contributed by atoms with Crippen molar-refractivity contribution in [3.05, 3.63) is 77.0 Å². The van der Waals surface area contributed by atoms with E-state index in [1.807, 2.05) is 12.1 Å². The van der Waals surface area contributed by atoms with Gasteiger partial charge in [-0.15, -0.1) is 0 Å². The summed E-state index contributed by atoms with van der Waals surface area (Å²) in [4.78, 5) is 17.1. The van der Waals surface area contributed by atoms with Crippen molar-refractivity contribution in [2.75, 3.05) is 6.54 Å². The van der Waals surface area contributed by atoms with Gasteiger partial charge in [0.2, 0.25) is 0 Å². The highest BCUT2D eigenvalue weighted by atomic mass is 16.5. The second kappa shape index (κ2) is 9.28. The summed E-state index contributed by atoms with van der Waals surface area (Å²) in [5.41, 5.74) is 7.61. The van der Waals surface area contributed by atoms with Gasteiger partial charge in [-0.3, -0.25) is 14.9 Å². The summed E-state index contributed by atoms with van der Waals surface area (Å²) >= 11 is 0. The Bertz CT molecular complexity index is 1030. The minimum Gasteiger partial charge on any atom is -0.358 e. The Morgan fingerprint density at radius 1 is 1.13 bits per heavy atom. The van der Waals surface area contributed by atoms with Crippen LogP contribution >= 0.6 is 0 Å². The first kappa shape index (κ1) is 21.8. The summed E-state index contributed by atoms with van der Waals surface area (Å²) in [7, 11) is 0. The Hall–Kier alpha value is -2.89. The molecule has 30 heavy (non-hydrogen) atoms. The second-order valence-corrected chi connectivity index (χ2v) is 8.67. The van der Waals surface area contributed by atoms with Gasteiger partial charge in [-0.05, 0) is 62.9 Å². The van der Waals surface area contributed by atoms with E-state index >= 15 is 0 Å². The van der Waals surface area contributed by atoms with Gasteiger partial charge in [0.1, 0.15) is 0 Å². The zero-order valence-corrected chi connectivity index (χ0v) is 18.2. The number of amides is 1. The second-order valence-electron chi connectivity index (χ2n) is 8.67. The molecular formula is C25H31N3O2. The molecule has 1 heterocycles. The van der Waals surface area contributed by atoms with Crippen molar-refractivity contribution in [2.45, 2.75) is 46.2 Å². The molecule has 1 aromatic heterocycles. The van der Waals surface area contributed by atoms with E-state index in [-0.39, 0.29) is 5.54 Å². The van der Waals surface area contributed by atoms with E-state index < -0.39 is 5.91 Å². The van der Waals surface area contributed by atoms with Gasteiger partial charge in [-0.2, -0.15) is 0 Å². The van der Waals surface area contributed by atoms with Gasteiger partial charge in [0, 0.05) is 41.3 Å². The van der Waals surface area contributed by atoms with Gasteiger partial charge in [0.15, 0.2) is 0 Å². The van der Waals surface area contributed by atoms with Crippen LogP contribution in [0, 0.1) is 6.92 Å². The van der Waals surface area contributed by atoms with Gasteiger partial charge in [-0.1, -0.05) is 42.5 Å². The number of nitrogens with zero attached hydrogens (tertiary/aromatic N) is 1. The molecule has 0 atom stereocenters. The van der Waals surface area contributed by atoms with Crippen molar-refractivity contribution in [3.8, 4) is 0 Å². The Labute approximate surface area is 178 Å². The summed E-state index contributed by atoms with van der Waals surface area (Å²) in [6, 6.07) is 16.6. The number of carbonyl (C=O) groups excluding carboxylic acids is 1. The van der Waals surface area contributed by atoms with Crippen LogP contribution in [-0.4, -0.2) is 33.1 Å². The summed E-state index contributed by atoms with van der Waals surface area (Å²) < 4.78 is 0. The third-order valence-electron chi connectivity index (χ3n) is 5.50. The van der Waals surface area contributed by atoms with Gasteiger partial charge >= 0.3 is 0 Å². The number of carbonyl (C=O) groups is 1. The van der Waals surface area contributed by atoms with E-state index in [1.165, 1.54) is 33.8 Å². The lowest BCUT2D eigenvalue weighted by molar-refractivity contribution is -0.124. The number of H-pyrrole nitrogens is 1. The SMILES string of the molecule is Cc1[nH]c2ccccc2c1CCN(Cc1ccc(C=CC(=O)NO)cc1)C(C)(C)C. The first-order chi connectivity index (χ1) is 14.3. The predicted molar refractivity (Wildman–Crippen MR) is 122 cm³/mol. The van der Waals surface area contributed by atoms with E-state index in [0.717, 1.165) is 25.1 Å². The molecule has 0 saturated carbocycles. The van der Waals surface area contributed by atoms with Gasteiger partial charge < -0.3 is 4.98 Å². The molecule has 0 radical (unpaired) electrons. The average Bonchev–Trinajstić information content (AvgIpc) is 3.04. The molecule has 2 aromatic carbocycles. The van der Waals surface area contributed by atoms with Crippen LogP contribution in [-0.2, 0) is 17.8 Å². The fraction of sp³-hybridized carbons (Fsp3) is 0.320. The van der Waals surface area contributed by atoms with Crippen molar-refractivity contribution in [1.82, 2.24) is 15.4 Å². The molecule has 3 aromatic rings. The lowest BCUT2D eigenvalue weighted by atomic mass is 10.0. The van der Waals surface area contributed by atoms with Gasteiger partial charge in [0.25, 0.3) is 5.91 Å². The summed E-state index contributed by atoms with van der Waals surface area (Å²) in [6.07, 6.45) is 3.97. The summed E-state index contributed by atoms with van der Waals surface area (Å²) in [5.74, 6) is -0.537. The van der Waals surface area contributed by atoms with Crippen molar-refractivity contribution in [2.24, 2.45) is 0 Å². The van der Waals surface area contributed by atoms with Crippen LogP contribution < -0.4 is 5.48 Å². The number of hydrogen-bond donors (Lipinski definition) is 3. The number of aryl methyl sites for hydroxylation is 1. The van der Waals surface area contributed by atoms with Crippen LogP contribution in [0.5, 0.6) is 0 Å². The Morgan fingerprint density at radius 2 is 1.83 bits per heavy atom. The van der Waals surface area contributed by atoms with Gasteiger partial charge in [-0.25, -0.2) is 5.48 Å². The largest absolute Gasteiger partial charge is 0.358 e. The van der Waals surface area contributed by atoms with E-state index in [4.69, 9.17) is 5.21 Å². The highest BCUT2D eigenvalue weighted by molar-refractivity contribution is 5.90. The Kier molecular flexibility index (Phi) is 6.75. The molecule has 0 fully saturated rings. The molecule has 5 nitrogen and oxygen atoms in total. The topological polar surface area (TPSA) is 68.4 Å². The smallest absolute Gasteiger partial charge is 0.267 e. The highest BCUT2D eigenvalue weighted by Crippen LogP contribution is 2.24. The number of aromatic nitrogens is 1. The minimum absolute atomic E-state index is 0.0395. The lowest BCUT2D eigenvalue weighted by Gasteiger charge is -2.36. The lowest BCUT2D eigenvalue weighted by Crippen LogP contribution is -2.42. The molecule has 0 spiro atoms. The third kappa shape index (κ3) is 5.38. The van der Waals surface area contributed by atoms with Crippen LogP contribution in [0.15, 0.2) is 54.6 Å². The van der Waals surface area contributed by atoms with Crippen LogP contribution in [0.25, 0.3) is 17.0 Å². The maximum Gasteiger partial charge on any atom is 0.267 e. The zero-order chi connectivity index (χ0) is 21.7. The average molecular weight is 406 g/mol. The standard InChI is InChI=1S/C25H31N3O2/c1-18-21(22-7-5-6-8-23(22)26-18)15-16-28(25(2,3)4)17-20-11-9-19(10-12-20)13-14-24(29)27-30/h5-14,26,30H,15-17H2,1-4H3,(H,27,29). The fourth-order valence-corrected chi connectivity index (χ4v) is 3.72. The molecule has 0 unspecified atom stereocenters. The molecule has 3 rings (SSSR count). The zero-order valence-electron chi connectivity index (χ0n) is 18.2. The van der Waals surface area contributed by atoms with E-state index in [0.29, 0.717) is 0 Å². The van der Waals surface area contributed by atoms with E-state index in [2.05, 4.69) is 74.0 Å². The number of rotatable bonds is 7. The molecule has 0 saturated heterocycles. The molecule has 0 aliphatic carbocycles. The maximum absolute atomic E-state index is 11.1. The normalized spacial score (nSPS) is 12.2. The highest BCUT2D eigenvalue weighted by Gasteiger charge is 2.22. The molecule has 158 valence electrons. The van der Waals surface area contributed by atoms with Crippen LogP contribution in [0.4, 0.5) is 0 Å². The van der Waals surface area contributed by atoms with Gasteiger partial charge in [0.05, 0.1) is 0 Å². The Balaban J connectivity index is 1.71. The number of hydroxylamine groups is 1. The molecule has 3 N–H and O–H groups in total. The monoisotopic (exact) mass is 405 g/mol. The first-order valence-electron chi connectivity index (χ1n) is 10.3. The number of hydrogen-bond acceptors (Lipinski definition) is 3. The van der Waals surface area contributed by atoms with Crippen molar-refractivity contribution < 1.29 is 10.0 Å². The fourth-order valence-electron chi connectivity index (χ4n) is 3.72. The summed E-state index contributed by atoms with van der Waals surface area (Å²) in [5, 5.41) is 9.88. The van der Waals surface area contributed by atoms with Crippen molar-refractivity contribution >= 4 is 22.9 Å². The minimum atomic E-state index is -0.537. The number of benzene rings is 2. The number of para-hydroxylation sites is 1. The van der Waals surface area contributed by atoms with E-state index in [1.54, 1.807) is 11.6 Å². The molecular weight excluding hydrogens is 374 g/mol. The molecule has 0 aliphatic rings. The quantitative estimate of drug-likeness (QED) is 0.299. The van der Waals surface area contributed by atoms with Crippen molar-refractivity contribution in [3.63, 3.8) is 0 Å². The maximum atomic E-state index is 11.1. The summed E-state index contributed by atoms with van der Waals surface area (Å²) in [6.45, 7) is 10.7. The Morgan fingerprint density at radius 3 is 2.50 bits per heavy atom.